The summed E-state index contributed by atoms with van der Waals surface area (Å²) in [5.41, 5.74) is 1.70. The van der Waals surface area contributed by atoms with Crippen molar-refractivity contribution in [3.05, 3.63) is 48.5 Å². The molecule has 0 radical (unpaired) electrons. The number of thiazole rings is 1. The Morgan fingerprint density at radius 2 is 1.94 bits per heavy atom. The minimum atomic E-state index is -3.97. The van der Waals surface area contributed by atoms with E-state index in [0.29, 0.717) is 4.90 Å². The van der Waals surface area contributed by atoms with Crippen LogP contribution in [0.15, 0.2) is 53.4 Å². The average molecular weight is 482 g/mol. The number of rotatable bonds is 10. The maximum atomic E-state index is 12.5. The van der Waals surface area contributed by atoms with Crippen molar-refractivity contribution in [3.63, 3.8) is 0 Å². The van der Waals surface area contributed by atoms with Gasteiger partial charge in [-0.05, 0) is 49.7 Å². The van der Waals surface area contributed by atoms with Gasteiger partial charge in [0.05, 0.1) is 27.6 Å². The number of aromatic nitrogens is 1. The highest BCUT2D eigenvalue weighted by atomic mass is 32.2. The summed E-state index contributed by atoms with van der Waals surface area (Å²) in [7, 11) is -5.56. The summed E-state index contributed by atoms with van der Waals surface area (Å²) in [6.45, 7) is 3.33. The number of hydrogen-bond acceptors (Lipinski definition) is 7. The number of benzene rings is 2. The van der Waals surface area contributed by atoms with Gasteiger partial charge in [-0.25, -0.2) is 4.98 Å². The first kappa shape index (κ1) is 23.6. The molecule has 0 aliphatic heterocycles. The van der Waals surface area contributed by atoms with Crippen LogP contribution in [0.1, 0.15) is 20.3 Å². The average Bonchev–Trinajstić information content (AvgIpc) is 3.14. The van der Waals surface area contributed by atoms with E-state index in [1.54, 1.807) is 38.1 Å². The van der Waals surface area contributed by atoms with Gasteiger partial charge in [0.15, 0.2) is 5.13 Å². The number of hydrogen-bond donors (Lipinski definition) is 3. The number of carbonyl (C=O) groups is 1. The third-order valence-electron chi connectivity index (χ3n) is 4.35. The first-order valence-corrected chi connectivity index (χ1v) is 13.5. The molecule has 1 aromatic heterocycles. The standard InChI is InChI=1S/C20H24N3O5PS2/c1-3-19(29(25,26)28-4-2)23-18(24)13-31(27)15-11-9-14(10-12-15)21-20-22-16-7-5-6-8-17(16)30-20/h5-12,19H,3-4,13H2,1-2H3,(H,21,22)(H,23,24)(H,25,26). The Balaban J connectivity index is 1.59. The molecule has 3 atom stereocenters. The molecule has 3 aromatic rings. The van der Waals surface area contributed by atoms with Crippen LogP contribution in [0, 0.1) is 0 Å². The summed E-state index contributed by atoms with van der Waals surface area (Å²) in [5, 5.41) is 6.43. The van der Waals surface area contributed by atoms with Crippen LogP contribution in [0.3, 0.4) is 0 Å². The molecule has 2 aromatic carbocycles. The third kappa shape index (κ3) is 6.21. The van der Waals surface area contributed by atoms with E-state index < -0.39 is 30.1 Å². The first-order chi connectivity index (χ1) is 14.8. The normalized spacial score (nSPS) is 15.2. The number of nitrogens with one attached hydrogen (secondary N) is 2. The largest absolute Gasteiger partial charge is 0.350 e. The van der Waals surface area contributed by atoms with Crippen molar-refractivity contribution in [2.75, 3.05) is 17.7 Å². The fraction of sp³-hybridized carbons (Fsp3) is 0.300. The van der Waals surface area contributed by atoms with E-state index in [1.807, 2.05) is 24.3 Å². The molecule has 8 nitrogen and oxygen atoms in total. The lowest BCUT2D eigenvalue weighted by Crippen LogP contribution is -2.37. The van der Waals surface area contributed by atoms with Crippen LogP contribution < -0.4 is 10.6 Å². The number of para-hydroxylation sites is 1. The van der Waals surface area contributed by atoms with Gasteiger partial charge in [0, 0.05) is 10.6 Å². The molecule has 3 rings (SSSR count). The Bertz CT molecular complexity index is 1090. The highest BCUT2D eigenvalue weighted by Crippen LogP contribution is 2.47. The second-order valence-electron chi connectivity index (χ2n) is 6.60. The Hall–Kier alpha value is -2.10. The first-order valence-electron chi connectivity index (χ1n) is 9.69. The highest BCUT2D eigenvalue weighted by molar-refractivity contribution is 7.85. The summed E-state index contributed by atoms with van der Waals surface area (Å²) in [6.07, 6.45) is 0.221. The van der Waals surface area contributed by atoms with Gasteiger partial charge in [0.1, 0.15) is 11.5 Å². The lowest BCUT2D eigenvalue weighted by atomic mass is 10.3. The van der Waals surface area contributed by atoms with Crippen LogP contribution in [0.5, 0.6) is 0 Å². The van der Waals surface area contributed by atoms with Gasteiger partial charge >= 0.3 is 7.60 Å². The molecule has 0 saturated heterocycles. The summed E-state index contributed by atoms with van der Waals surface area (Å²) in [6, 6.07) is 14.7. The molecule has 1 heterocycles. The van der Waals surface area contributed by atoms with Crippen LogP contribution in [0.4, 0.5) is 10.8 Å². The second-order valence-corrected chi connectivity index (χ2v) is 11.1. The molecule has 0 aliphatic carbocycles. The van der Waals surface area contributed by atoms with E-state index in [2.05, 4.69) is 15.6 Å². The molecule has 0 spiro atoms. The predicted molar refractivity (Wildman–Crippen MR) is 124 cm³/mol. The maximum absolute atomic E-state index is 12.5. The summed E-state index contributed by atoms with van der Waals surface area (Å²) in [5.74, 6) is -1.92. The van der Waals surface area contributed by atoms with E-state index >= 15 is 0 Å². The molecule has 0 aliphatic rings. The number of fused-ring (bicyclic) bond motifs is 1. The van der Waals surface area contributed by atoms with Crippen LogP contribution >= 0.6 is 18.9 Å². The van der Waals surface area contributed by atoms with Crippen molar-refractivity contribution in [1.29, 1.82) is 0 Å². The van der Waals surface area contributed by atoms with Gasteiger partial charge in [-0.3, -0.25) is 13.6 Å². The van der Waals surface area contributed by atoms with E-state index in [1.165, 1.54) is 11.3 Å². The number of anilines is 2. The molecule has 0 fully saturated rings. The van der Waals surface area contributed by atoms with E-state index in [0.717, 1.165) is 21.0 Å². The number of carbonyl (C=O) groups excluding carboxylic acids is 1. The molecule has 3 unspecified atom stereocenters. The van der Waals surface area contributed by atoms with Gasteiger partial charge in [-0.15, -0.1) is 0 Å². The van der Waals surface area contributed by atoms with Gasteiger partial charge in [0.2, 0.25) is 5.91 Å². The monoisotopic (exact) mass is 481 g/mol. The second kappa shape index (κ2) is 10.5. The minimum absolute atomic E-state index is 0.0590. The Morgan fingerprint density at radius 3 is 2.58 bits per heavy atom. The van der Waals surface area contributed by atoms with E-state index in [4.69, 9.17) is 4.52 Å². The SMILES string of the molecule is CCOP(=O)(O)C(CC)NC(=O)CS(=O)c1ccc(Nc2nc3ccccc3s2)cc1. The zero-order valence-corrected chi connectivity index (χ0v) is 19.6. The molecular weight excluding hydrogens is 457 g/mol. The number of nitrogens with zero attached hydrogens (tertiary/aromatic N) is 1. The van der Waals surface area contributed by atoms with Gasteiger partial charge in [-0.1, -0.05) is 30.4 Å². The fourth-order valence-corrected chi connectivity index (χ4v) is 5.99. The topological polar surface area (TPSA) is 118 Å². The highest BCUT2D eigenvalue weighted by Gasteiger charge is 2.32. The Morgan fingerprint density at radius 1 is 1.23 bits per heavy atom. The molecule has 0 bridgehead atoms. The van der Waals surface area contributed by atoms with E-state index in [-0.39, 0.29) is 18.8 Å². The predicted octanol–water partition coefficient (Wildman–Crippen LogP) is 4.22. The van der Waals surface area contributed by atoms with Crippen molar-refractivity contribution in [2.45, 2.75) is 30.9 Å². The van der Waals surface area contributed by atoms with Gasteiger partial charge in [-0.2, -0.15) is 0 Å². The van der Waals surface area contributed by atoms with Gasteiger partial charge in [0.25, 0.3) is 0 Å². The Kier molecular flexibility index (Phi) is 7.96. The molecule has 11 heteroatoms. The number of amides is 1. The molecule has 31 heavy (non-hydrogen) atoms. The summed E-state index contributed by atoms with van der Waals surface area (Å²) < 4.78 is 30.6. The van der Waals surface area contributed by atoms with E-state index in [9.17, 15) is 18.5 Å². The molecule has 1 amide bonds. The van der Waals surface area contributed by atoms with Crippen LogP contribution in [-0.2, 0) is 24.7 Å². The van der Waals surface area contributed by atoms with Crippen molar-refractivity contribution in [3.8, 4) is 0 Å². The summed E-state index contributed by atoms with van der Waals surface area (Å²) >= 11 is 1.54. The smallest absolute Gasteiger partial charge is 0.341 e. The fourth-order valence-electron chi connectivity index (χ4n) is 2.86. The molecule has 0 saturated carbocycles. The lowest BCUT2D eigenvalue weighted by Gasteiger charge is -2.21. The van der Waals surface area contributed by atoms with Crippen molar-refractivity contribution in [2.24, 2.45) is 0 Å². The summed E-state index contributed by atoms with van der Waals surface area (Å²) in [4.78, 5) is 27.1. The molecule has 3 N–H and O–H groups in total. The third-order valence-corrected chi connectivity index (χ3v) is 8.53. The molecule has 166 valence electrons. The van der Waals surface area contributed by atoms with Crippen molar-refractivity contribution in [1.82, 2.24) is 10.3 Å². The van der Waals surface area contributed by atoms with Crippen molar-refractivity contribution >= 4 is 56.7 Å². The van der Waals surface area contributed by atoms with Crippen LogP contribution in [-0.4, -0.2) is 38.1 Å². The zero-order valence-electron chi connectivity index (χ0n) is 17.1. The quantitative estimate of drug-likeness (QED) is 0.371. The van der Waals surface area contributed by atoms with Crippen LogP contribution in [0.2, 0.25) is 0 Å². The van der Waals surface area contributed by atoms with Crippen molar-refractivity contribution < 1.29 is 23.0 Å². The minimum Gasteiger partial charge on any atom is -0.341 e. The van der Waals surface area contributed by atoms with Gasteiger partial charge < -0.3 is 20.1 Å². The zero-order chi connectivity index (χ0) is 22.4. The molecular formula is C20H24N3O5PS2. The van der Waals surface area contributed by atoms with Crippen LogP contribution in [0.25, 0.3) is 10.2 Å². The lowest BCUT2D eigenvalue weighted by molar-refractivity contribution is -0.119. The maximum Gasteiger partial charge on any atom is 0.350 e. The Labute approximate surface area is 187 Å².